The molecule has 11 heteroatoms. The molecule has 0 saturated carbocycles. The van der Waals surface area contributed by atoms with Crippen LogP contribution < -0.4 is 21.7 Å². The number of benzene rings is 1. The van der Waals surface area contributed by atoms with Crippen molar-refractivity contribution in [3.05, 3.63) is 29.8 Å². The van der Waals surface area contributed by atoms with Gasteiger partial charge in [-0.2, -0.15) is 12.6 Å². The molecule has 3 amide bonds. The largest absolute Gasteiger partial charge is 0.508 e. The number of phenols is 1. The molecule has 31 heavy (non-hydrogen) atoms. The Kier molecular flexibility index (Phi) is 10.8. The minimum atomic E-state index is -1.24. The van der Waals surface area contributed by atoms with Crippen molar-refractivity contribution in [3.8, 4) is 5.75 Å². The van der Waals surface area contributed by atoms with Crippen LogP contribution in [-0.4, -0.2) is 64.3 Å². The molecule has 1 rings (SSSR count). The highest BCUT2D eigenvalue weighted by Gasteiger charge is 2.25. The molecule has 0 spiro atoms. The van der Waals surface area contributed by atoms with Gasteiger partial charge in [-0.15, -0.1) is 0 Å². The highest BCUT2D eigenvalue weighted by molar-refractivity contribution is 7.80. The lowest BCUT2D eigenvalue weighted by atomic mass is 10.0. The second-order valence-corrected chi connectivity index (χ2v) is 7.89. The number of aliphatic carboxylic acids is 1. The van der Waals surface area contributed by atoms with Crippen molar-refractivity contribution in [3.63, 3.8) is 0 Å². The first-order valence-electron chi connectivity index (χ1n) is 9.78. The number of phenolic OH excluding ortho intramolecular Hbond substituents is 1. The number of rotatable bonds is 12. The predicted molar refractivity (Wildman–Crippen MR) is 118 cm³/mol. The topological polar surface area (TPSA) is 171 Å². The Morgan fingerprint density at radius 1 is 1.03 bits per heavy atom. The fourth-order valence-electron chi connectivity index (χ4n) is 2.69. The summed E-state index contributed by atoms with van der Waals surface area (Å²) in [5.41, 5.74) is 6.40. The third-order valence-corrected chi connectivity index (χ3v) is 4.68. The monoisotopic (exact) mass is 454 g/mol. The van der Waals surface area contributed by atoms with E-state index in [1.54, 1.807) is 12.1 Å². The quantitative estimate of drug-likeness (QED) is 0.207. The van der Waals surface area contributed by atoms with Gasteiger partial charge < -0.3 is 31.9 Å². The van der Waals surface area contributed by atoms with Crippen LogP contribution in [0.5, 0.6) is 5.75 Å². The Labute approximate surface area is 186 Å². The Balaban J connectivity index is 2.57. The fraction of sp³-hybridized carbons (Fsp3) is 0.500. The number of nitrogens with one attached hydrogen (secondary N) is 3. The summed E-state index contributed by atoms with van der Waals surface area (Å²) in [7, 11) is 0. The van der Waals surface area contributed by atoms with Crippen LogP contribution in [0.3, 0.4) is 0 Å². The van der Waals surface area contributed by atoms with Crippen LogP contribution in [0.4, 0.5) is 0 Å². The SMILES string of the molecule is CC(C)CC(N)C(=O)NC(CS)C(=O)NCC(=O)NC(Cc1ccc(O)cc1)C(=O)O. The van der Waals surface area contributed by atoms with E-state index in [1.165, 1.54) is 12.1 Å². The van der Waals surface area contributed by atoms with E-state index >= 15 is 0 Å². The summed E-state index contributed by atoms with van der Waals surface area (Å²) in [5.74, 6) is -2.85. The molecule has 1 aromatic carbocycles. The van der Waals surface area contributed by atoms with Crippen molar-refractivity contribution < 1.29 is 29.4 Å². The summed E-state index contributed by atoms with van der Waals surface area (Å²) < 4.78 is 0. The van der Waals surface area contributed by atoms with Gasteiger partial charge in [0.2, 0.25) is 17.7 Å². The molecule has 0 aliphatic carbocycles. The zero-order valence-electron chi connectivity index (χ0n) is 17.5. The van der Waals surface area contributed by atoms with Crippen LogP contribution in [-0.2, 0) is 25.6 Å². The molecule has 0 radical (unpaired) electrons. The smallest absolute Gasteiger partial charge is 0.326 e. The molecule has 3 atom stereocenters. The van der Waals surface area contributed by atoms with Gasteiger partial charge in [0, 0.05) is 12.2 Å². The lowest BCUT2D eigenvalue weighted by Gasteiger charge is -2.20. The molecule has 10 nitrogen and oxygen atoms in total. The first-order valence-corrected chi connectivity index (χ1v) is 10.4. The van der Waals surface area contributed by atoms with Crippen LogP contribution in [0.15, 0.2) is 24.3 Å². The zero-order chi connectivity index (χ0) is 23.6. The maximum Gasteiger partial charge on any atom is 0.326 e. The van der Waals surface area contributed by atoms with Crippen LogP contribution >= 0.6 is 12.6 Å². The fourth-order valence-corrected chi connectivity index (χ4v) is 2.95. The number of carboxylic acids is 1. The summed E-state index contributed by atoms with van der Waals surface area (Å²) in [6, 6.07) is 2.93. The van der Waals surface area contributed by atoms with E-state index in [4.69, 9.17) is 5.73 Å². The van der Waals surface area contributed by atoms with Crippen LogP contribution in [0.2, 0.25) is 0 Å². The van der Waals surface area contributed by atoms with Crippen molar-refractivity contribution in [1.82, 2.24) is 16.0 Å². The van der Waals surface area contributed by atoms with E-state index in [1.807, 2.05) is 13.8 Å². The van der Waals surface area contributed by atoms with Gasteiger partial charge in [0.1, 0.15) is 17.8 Å². The summed E-state index contributed by atoms with van der Waals surface area (Å²) in [4.78, 5) is 47.9. The number of carbonyl (C=O) groups excluding carboxylic acids is 3. The van der Waals surface area contributed by atoms with Gasteiger partial charge in [0.15, 0.2) is 0 Å². The summed E-state index contributed by atoms with van der Waals surface area (Å²) in [5, 5.41) is 25.8. The average molecular weight is 455 g/mol. The molecule has 3 unspecified atom stereocenters. The van der Waals surface area contributed by atoms with Crippen molar-refractivity contribution in [2.75, 3.05) is 12.3 Å². The van der Waals surface area contributed by atoms with E-state index in [9.17, 15) is 29.4 Å². The average Bonchev–Trinajstić information content (AvgIpc) is 2.70. The Morgan fingerprint density at radius 2 is 1.65 bits per heavy atom. The van der Waals surface area contributed by atoms with Crippen molar-refractivity contribution in [2.45, 2.75) is 44.8 Å². The maximum atomic E-state index is 12.3. The summed E-state index contributed by atoms with van der Waals surface area (Å²) in [6.45, 7) is 3.36. The maximum absolute atomic E-state index is 12.3. The summed E-state index contributed by atoms with van der Waals surface area (Å²) in [6.07, 6.45) is 0.450. The van der Waals surface area contributed by atoms with E-state index in [2.05, 4.69) is 28.6 Å². The van der Waals surface area contributed by atoms with E-state index in [-0.39, 0.29) is 23.8 Å². The zero-order valence-corrected chi connectivity index (χ0v) is 18.4. The Bertz CT molecular complexity index is 771. The number of amides is 3. The molecular formula is C20H30N4O6S. The first kappa shape index (κ1) is 26.2. The number of carboxylic acid groups (broad SMARTS) is 1. The second-order valence-electron chi connectivity index (χ2n) is 7.53. The van der Waals surface area contributed by atoms with E-state index in [0.717, 1.165) is 0 Å². The first-order chi connectivity index (χ1) is 14.5. The molecule has 0 fully saturated rings. The van der Waals surface area contributed by atoms with Crippen molar-refractivity contribution >= 4 is 36.3 Å². The molecule has 0 aromatic heterocycles. The summed E-state index contributed by atoms with van der Waals surface area (Å²) >= 11 is 4.05. The van der Waals surface area contributed by atoms with Crippen molar-refractivity contribution in [2.24, 2.45) is 11.7 Å². The van der Waals surface area contributed by atoms with Gasteiger partial charge in [0.05, 0.1) is 12.6 Å². The molecule has 0 saturated heterocycles. The van der Waals surface area contributed by atoms with Gasteiger partial charge in [-0.3, -0.25) is 14.4 Å². The molecule has 172 valence electrons. The number of hydrogen-bond acceptors (Lipinski definition) is 7. The lowest BCUT2D eigenvalue weighted by Crippen LogP contribution is -2.54. The van der Waals surface area contributed by atoms with Gasteiger partial charge in [0.25, 0.3) is 0 Å². The van der Waals surface area contributed by atoms with Gasteiger partial charge in [-0.05, 0) is 30.0 Å². The van der Waals surface area contributed by atoms with Crippen LogP contribution in [0.25, 0.3) is 0 Å². The van der Waals surface area contributed by atoms with Gasteiger partial charge >= 0.3 is 5.97 Å². The molecular weight excluding hydrogens is 424 g/mol. The third kappa shape index (κ3) is 9.71. The van der Waals surface area contributed by atoms with E-state index < -0.39 is 48.4 Å². The van der Waals surface area contributed by atoms with Crippen LogP contribution in [0, 0.1) is 5.92 Å². The number of thiol groups is 1. The minimum absolute atomic E-state index is 0.00163. The number of nitrogens with two attached hydrogens (primary N) is 1. The normalized spacial score (nSPS) is 13.7. The Morgan fingerprint density at radius 3 is 2.16 bits per heavy atom. The Hall–Kier alpha value is -2.79. The lowest BCUT2D eigenvalue weighted by molar-refractivity contribution is -0.141. The number of carbonyl (C=O) groups is 4. The highest BCUT2D eigenvalue weighted by atomic mass is 32.1. The molecule has 0 aliphatic heterocycles. The molecule has 0 heterocycles. The third-order valence-electron chi connectivity index (χ3n) is 4.31. The van der Waals surface area contributed by atoms with Crippen molar-refractivity contribution in [1.29, 1.82) is 0 Å². The van der Waals surface area contributed by atoms with Crippen LogP contribution in [0.1, 0.15) is 25.8 Å². The molecule has 0 bridgehead atoms. The van der Waals surface area contributed by atoms with Gasteiger partial charge in [-0.25, -0.2) is 4.79 Å². The molecule has 0 aliphatic rings. The molecule has 7 N–H and O–H groups in total. The second kappa shape index (κ2) is 12.8. The standard InChI is InChI=1S/C20H30N4O6S/c1-11(2)7-14(21)18(27)24-16(10-31)19(28)22-9-17(26)23-15(20(29)30)8-12-3-5-13(25)6-4-12/h3-6,11,14-16,25,31H,7-10,21H2,1-2H3,(H,22,28)(H,23,26)(H,24,27)(H,29,30). The molecule has 1 aromatic rings. The van der Waals surface area contributed by atoms with E-state index in [0.29, 0.717) is 12.0 Å². The minimum Gasteiger partial charge on any atom is -0.508 e. The van der Waals surface area contributed by atoms with Gasteiger partial charge in [-0.1, -0.05) is 26.0 Å². The number of aromatic hydroxyl groups is 1. The number of hydrogen-bond donors (Lipinski definition) is 7. The highest BCUT2D eigenvalue weighted by Crippen LogP contribution is 2.11. The predicted octanol–water partition coefficient (Wildman–Crippen LogP) is -0.592.